The first-order valence-corrected chi connectivity index (χ1v) is 13.8. The molecule has 0 radical (unpaired) electrons. The second-order valence-corrected chi connectivity index (χ2v) is 9.65. The van der Waals surface area contributed by atoms with E-state index < -0.39 is 0 Å². The molecule has 0 unspecified atom stereocenters. The van der Waals surface area contributed by atoms with Crippen molar-refractivity contribution in [1.29, 1.82) is 0 Å². The largest absolute Gasteiger partial charge is 0.0991 e. The van der Waals surface area contributed by atoms with E-state index in [0.717, 1.165) is 0 Å². The molecule has 1 aliphatic rings. The van der Waals surface area contributed by atoms with Crippen LogP contribution in [-0.4, -0.2) is 0 Å². The number of hydrogen-bond acceptors (Lipinski definition) is 0. The minimum atomic E-state index is 0.117. The Labute approximate surface area is 239 Å². The van der Waals surface area contributed by atoms with E-state index in [1.54, 1.807) is 6.08 Å². The first-order chi connectivity index (χ1) is 19.8. The van der Waals surface area contributed by atoms with Crippen molar-refractivity contribution >= 4 is 22.3 Å². The molecular formula is C40H34. The van der Waals surface area contributed by atoms with Gasteiger partial charge < -0.3 is 0 Å². The molecule has 0 bridgehead atoms. The minimum Gasteiger partial charge on any atom is -0.0991 e. The fourth-order valence-corrected chi connectivity index (χ4v) is 5.48. The first kappa shape index (κ1) is 26.7. The number of hydrogen-bond donors (Lipinski definition) is 0. The monoisotopic (exact) mass is 514 g/mol. The fraction of sp³-hybridized carbons (Fsp3) is 0.0500. The zero-order valence-corrected chi connectivity index (χ0v) is 23.0. The topological polar surface area (TPSA) is 0 Å². The Morgan fingerprint density at radius 3 is 1.07 bits per heavy atom. The highest BCUT2D eigenvalue weighted by molar-refractivity contribution is 6.29. The molecule has 6 rings (SSSR count). The van der Waals surface area contributed by atoms with Gasteiger partial charge in [-0.15, -0.1) is 0 Å². The Hall–Kier alpha value is -4.94. The average molecular weight is 515 g/mol. The summed E-state index contributed by atoms with van der Waals surface area (Å²) in [6.45, 7) is 5.42. The molecule has 0 heteroatoms. The van der Waals surface area contributed by atoms with Crippen LogP contribution in [0.2, 0.25) is 0 Å². The highest BCUT2D eigenvalue weighted by Crippen LogP contribution is 2.58. The molecule has 0 heterocycles. The summed E-state index contributed by atoms with van der Waals surface area (Å²) in [6.07, 6.45) is 5.58. The summed E-state index contributed by atoms with van der Waals surface area (Å²) in [6, 6.07) is 54.5. The molecule has 0 nitrogen and oxygen atoms in total. The van der Waals surface area contributed by atoms with Gasteiger partial charge in [-0.1, -0.05) is 176 Å². The van der Waals surface area contributed by atoms with Crippen LogP contribution in [0.25, 0.3) is 22.3 Å². The second kappa shape index (κ2) is 13.2. The van der Waals surface area contributed by atoms with E-state index in [9.17, 15) is 0 Å². The van der Waals surface area contributed by atoms with Crippen molar-refractivity contribution in [2.75, 3.05) is 0 Å². The van der Waals surface area contributed by atoms with Crippen molar-refractivity contribution in [3.05, 3.63) is 204 Å². The normalized spacial score (nSPS) is 13.3. The fourth-order valence-electron chi connectivity index (χ4n) is 5.48. The molecule has 0 N–H and O–H groups in total. The van der Waals surface area contributed by atoms with Crippen LogP contribution in [0.1, 0.15) is 40.7 Å². The number of benzene rings is 5. The van der Waals surface area contributed by atoms with Gasteiger partial charge in [0.1, 0.15) is 0 Å². The lowest BCUT2D eigenvalue weighted by atomic mass is 9.81. The lowest BCUT2D eigenvalue weighted by molar-refractivity contribution is 1.14. The zero-order valence-electron chi connectivity index (χ0n) is 23.0. The Balaban J connectivity index is 0.000000595. The summed E-state index contributed by atoms with van der Waals surface area (Å²) in [5.74, 6) is 0.117. The molecular weight excluding hydrogens is 480 g/mol. The third-order valence-corrected chi connectivity index (χ3v) is 7.12. The molecule has 194 valence electrons. The predicted molar refractivity (Wildman–Crippen MR) is 174 cm³/mol. The van der Waals surface area contributed by atoms with Crippen LogP contribution in [0, 0.1) is 0 Å². The summed E-state index contributed by atoms with van der Waals surface area (Å²) in [4.78, 5) is 0. The Morgan fingerprint density at radius 2 is 0.775 bits per heavy atom. The van der Waals surface area contributed by atoms with Gasteiger partial charge in [-0.2, -0.15) is 0 Å². The molecule has 0 aromatic heterocycles. The van der Waals surface area contributed by atoms with Crippen molar-refractivity contribution in [1.82, 2.24) is 0 Å². The van der Waals surface area contributed by atoms with Crippen molar-refractivity contribution in [3.63, 3.8) is 0 Å². The third-order valence-electron chi connectivity index (χ3n) is 7.12. The number of allylic oxidation sites excluding steroid dienone is 7. The molecule has 0 amide bonds. The molecule has 40 heavy (non-hydrogen) atoms. The molecule has 5 aromatic carbocycles. The van der Waals surface area contributed by atoms with Gasteiger partial charge in [0, 0.05) is 5.92 Å². The van der Waals surface area contributed by atoms with Crippen molar-refractivity contribution in [2.45, 2.75) is 12.8 Å². The van der Waals surface area contributed by atoms with Gasteiger partial charge in [0.05, 0.1) is 0 Å². The molecule has 0 saturated heterocycles. The molecule has 1 aliphatic carbocycles. The van der Waals surface area contributed by atoms with Gasteiger partial charge in [0.15, 0.2) is 0 Å². The van der Waals surface area contributed by atoms with Gasteiger partial charge in [-0.3, -0.25) is 0 Å². The molecule has 0 fully saturated rings. The third kappa shape index (κ3) is 5.72. The van der Waals surface area contributed by atoms with Crippen molar-refractivity contribution in [3.8, 4) is 0 Å². The average Bonchev–Trinajstić information content (AvgIpc) is 3.40. The highest BCUT2D eigenvalue weighted by atomic mass is 14.4. The van der Waals surface area contributed by atoms with E-state index >= 15 is 0 Å². The van der Waals surface area contributed by atoms with Gasteiger partial charge >= 0.3 is 0 Å². The first-order valence-electron chi connectivity index (χ1n) is 13.8. The maximum absolute atomic E-state index is 3.46. The van der Waals surface area contributed by atoms with Crippen LogP contribution in [0.4, 0.5) is 0 Å². The minimum absolute atomic E-state index is 0.117. The van der Waals surface area contributed by atoms with E-state index in [2.05, 4.69) is 158 Å². The van der Waals surface area contributed by atoms with E-state index in [1.165, 1.54) is 50.1 Å². The zero-order chi connectivity index (χ0) is 27.6. The van der Waals surface area contributed by atoms with Crippen LogP contribution >= 0.6 is 0 Å². The lowest BCUT2D eigenvalue weighted by Gasteiger charge is -2.22. The molecule has 0 saturated carbocycles. The van der Waals surface area contributed by atoms with Crippen molar-refractivity contribution in [2.24, 2.45) is 0 Å². The van der Waals surface area contributed by atoms with Crippen LogP contribution in [-0.2, 0) is 0 Å². The van der Waals surface area contributed by atoms with Crippen molar-refractivity contribution < 1.29 is 0 Å². The van der Waals surface area contributed by atoms with Crippen LogP contribution < -0.4 is 0 Å². The number of rotatable bonds is 6. The highest BCUT2D eigenvalue weighted by Gasteiger charge is 2.37. The van der Waals surface area contributed by atoms with Crippen LogP contribution in [0.15, 0.2) is 176 Å². The molecule has 0 atom stereocenters. The van der Waals surface area contributed by atoms with Gasteiger partial charge in [-0.05, 0) is 57.0 Å². The lowest BCUT2D eigenvalue weighted by Crippen LogP contribution is -2.03. The van der Waals surface area contributed by atoms with Gasteiger partial charge in [0.25, 0.3) is 0 Å². The van der Waals surface area contributed by atoms with Gasteiger partial charge in [0.2, 0.25) is 0 Å². The second-order valence-electron chi connectivity index (χ2n) is 9.65. The Morgan fingerprint density at radius 1 is 0.450 bits per heavy atom. The summed E-state index contributed by atoms with van der Waals surface area (Å²) < 4.78 is 0. The maximum atomic E-state index is 3.46. The summed E-state index contributed by atoms with van der Waals surface area (Å²) in [7, 11) is 0. The maximum Gasteiger partial charge on any atom is 0.0364 e. The molecule has 5 aromatic rings. The Kier molecular flexibility index (Phi) is 8.81. The summed E-state index contributed by atoms with van der Waals surface area (Å²) >= 11 is 0. The van der Waals surface area contributed by atoms with Crippen LogP contribution in [0.3, 0.4) is 0 Å². The van der Waals surface area contributed by atoms with Crippen LogP contribution in [0.5, 0.6) is 0 Å². The quantitative estimate of drug-likeness (QED) is 0.198. The molecule has 0 aliphatic heterocycles. The standard InChI is InChI=1S/C35H26.C5H8/c1-6-16-26(17-7-1)31-32(27-18-8-2-9-19-27)34(29-22-12-4-13-23-29)35(30-24-14-5-15-25-30)33(31)28-20-10-3-11-21-28;1-3-5-4-2/h1-25,31H;3-5H,1H2,2H3. The van der Waals surface area contributed by atoms with E-state index in [-0.39, 0.29) is 5.92 Å². The summed E-state index contributed by atoms with van der Waals surface area (Å²) in [5, 5.41) is 0. The van der Waals surface area contributed by atoms with E-state index in [1.807, 2.05) is 19.1 Å². The predicted octanol–water partition coefficient (Wildman–Crippen LogP) is 10.8. The SMILES string of the molecule is C=CC=CC.c1ccc(C2=C(c3ccccc3)C(c3ccccc3)C(c3ccccc3)=C2c2ccccc2)cc1. The summed E-state index contributed by atoms with van der Waals surface area (Å²) in [5.41, 5.74) is 11.7. The van der Waals surface area contributed by atoms with E-state index in [4.69, 9.17) is 0 Å². The smallest absolute Gasteiger partial charge is 0.0364 e. The molecule has 0 spiro atoms. The Bertz CT molecular complexity index is 1510. The van der Waals surface area contributed by atoms with Gasteiger partial charge in [-0.25, -0.2) is 0 Å². The van der Waals surface area contributed by atoms with E-state index in [0.29, 0.717) is 0 Å².